The summed E-state index contributed by atoms with van der Waals surface area (Å²) in [5.41, 5.74) is 0.0561. The van der Waals surface area contributed by atoms with Crippen molar-refractivity contribution in [2.24, 2.45) is 0 Å². The van der Waals surface area contributed by atoms with Gasteiger partial charge in [-0.3, -0.25) is 9.69 Å². The molecule has 1 amide bonds. The highest BCUT2D eigenvalue weighted by atomic mass is 19.1. The molecule has 0 unspecified atom stereocenters. The molecular formula is C17H25FN2O4. The Bertz CT molecular complexity index is 547. The van der Waals surface area contributed by atoms with Gasteiger partial charge in [-0.1, -0.05) is 0 Å². The molecule has 134 valence electrons. The molecule has 1 aliphatic rings. The minimum absolute atomic E-state index is 0.0561. The largest absolute Gasteiger partial charge is 0.497 e. The third kappa shape index (κ3) is 4.90. The van der Waals surface area contributed by atoms with Gasteiger partial charge < -0.3 is 19.5 Å². The lowest BCUT2D eigenvalue weighted by molar-refractivity contribution is 0.0111. The summed E-state index contributed by atoms with van der Waals surface area (Å²) in [6.45, 7) is 5.59. The molecule has 1 atom stereocenters. The lowest BCUT2D eigenvalue weighted by atomic mass is 10.1. The molecule has 24 heavy (non-hydrogen) atoms. The van der Waals surface area contributed by atoms with Gasteiger partial charge >= 0.3 is 0 Å². The standard InChI is InChI=1S/C17H25FN2O4/c1-3-24-12-13(21)11-19-6-8-20(9-7-19)17(22)15-5-4-14(23-2)10-16(15)18/h4-5,10,13,21H,3,6-9,11-12H2,1-2H3/t13-/m1/s1. The van der Waals surface area contributed by atoms with Crippen LogP contribution in [0.25, 0.3) is 0 Å². The van der Waals surface area contributed by atoms with Gasteiger partial charge in [0.25, 0.3) is 5.91 Å². The van der Waals surface area contributed by atoms with Crippen molar-refractivity contribution in [1.82, 2.24) is 9.80 Å². The van der Waals surface area contributed by atoms with E-state index in [4.69, 9.17) is 9.47 Å². The molecule has 0 aromatic heterocycles. The van der Waals surface area contributed by atoms with E-state index >= 15 is 0 Å². The normalized spacial score (nSPS) is 16.9. The Morgan fingerprint density at radius 1 is 1.33 bits per heavy atom. The number of benzene rings is 1. The molecule has 0 radical (unpaired) electrons. The van der Waals surface area contributed by atoms with Crippen molar-refractivity contribution in [3.63, 3.8) is 0 Å². The van der Waals surface area contributed by atoms with Crippen molar-refractivity contribution in [2.75, 3.05) is 53.0 Å². The smallest absolute Gasteiger partial charge is 0.256 e. The van der Waals surface area contributed by atoms with E-state index in [2.05, 4.69) is 4.90 Å². The maximum absolute atomic E-state index is 14.0. The molecule has 6 nitrogen and oxygen atoms in total. The summed E-state index contributed by atoms with van der Waals surface area (Å²) in [7, 11) is 1.45. The number of piperazine rings is 1. The summed E-state index contributed by atoms with van der Waals surface area (Å²) < 4.78 is 24.2. The lowest BCUT2D eigenvalue weighted by Crippen LogP contribution is -2.51. The van der Waals surface area contributed by atoms with Gasteiger partial charge in [-0.25, -0.2) is 4.39 Å². The number of aliphatic hydroxyl groups is 1. The number of aliphatic hydroxyl groups excluding tert-OH is 1. The molecule has 0 saturated carbocycles. The van der Waals surface area contributed by atoms with E-state index in [9.17, 15) is 14.3 Å². The topological polar surface area (TPSA) is 62.2 Å². The minimum atomic E-state index is -0.575. The minimum Gasteiger partial charge on any atom is -0.497 e. The zero-order chi connectivity index (χ0) is 17.5. The van der Waals surface area contributed by atoms with Gasteiger partial charge in [0.05, 0.1) is 25.4 Å². The Hall–Kier alpha value is -1.70. The van der Waals surface area contributed by atoms with Crippen LogP contribution in [-0.4, -0.2) is 80.0 Å². The molecule has 0 aliphatic carbocycles. The SMILES string of the molecule is CCOC[C@H](O)CN1CCN(C(=O)c2ccc(OC)cc2F)CC1. The first-order chi connectivity index (χ1) is 11.5. The molecule has 0 bridgehead atoms. The van der Waals surface area contributed by atoms with Crippen LogP contribution in [0.2, 0.25) is 0 Å². The number of nitrogens with zero attached hydrogens (tertiary/aromatic N) is 2. The predicted octanol–water partition coefficient (Wildman–Crippen LogP) is 0.989. The van der Waals surface area contributed by atoms with Gasteiger partial charge in [0.15, 0.2) is 0 Å². The molecular weight excluding hydrogens is 315 g/mol. The summed E-state index contributed by atoms with van der Waals surface area (Å²) in [5.74, 6) is -0.504. The number of rotatable bonds is 7. The van der Waals surface area contributed by atoms with Crippen LogP contribution in [0.15, 0.2) is 18.2 Å². The molecule has 1 aliphatic heterocycles. The third-order valence-corrected chi connectivity index (χ3v) is 4.05. The summed E-state index contributed by atoms with van der Waals surface area (Å²) >= 11 is 0. The van der Waals surface area contributed by atoms with Crippen molar-refractivity contribution >= 4 is 5.91 Å². The second-order valence-corrected chi connectivity index (χ2v) is 5.75. The van der Waals surface area contributed by atoms with E-state index < -0.39 is 11.9 Å². The maximum atomic E-state index is 14.0. The number of β-amino-alcohol motifs (C(OH)–C–C–N with tert-alkyl or cyclic N) is 1. The van der Waals surface area contributed by atoms with Crippen LogP contribution in [0.1, 0.15) is 17.3 Å². The number of ether oxygens (including phenoxy) is 2. The summed E-state index contributed by atoms with van der Waals surface area (Å²) in [5, 5.41) is 9.86. The van der Waals surface area contributed by atoms with Gasteiger partial charge in [0.2, 0.25) is 0 Å². The van der Waals surface area contributed by atoms with Crippen LogP contribution in [0, 0.1) is 5.82 Å². The molecule has 1 fully saturated rings. The number of hydrogen-bond donors (Lipinski definition) is 1. The monoisotopic (exact) mass is 340 g/mol. The van der Waals surface area contributed by atoms with Gasteiger partial charge in [0, 0.05) is 45.4 Å². The van der Waals surface area contributed by atoms with Crippen molar-refractivity contribution in [3.8, 4) is 5.75 Å². The highest BCUT2D eigenvalue weighted by molar-refractivity contribution is 5.94. The van der Waals surface area contributed by atoms with Crippen molar-refractivity contribution in [3.05, 3.63) is 29.6 Å². The number of halogens is 1. The lowest BCUT2D eigenvalue weighted by Gasteiger charge is -2.35. The number of methoxy groups -OCH3 is 1. The number of amides is 1. The fraction of sp³-hybridized carbons (Fsp3) is 0.588. The van der Waals surface area contributed by atoms with Crippen LogP contribution in [0.3, 0.4) is 0 Å². The van der Waals surface area contributed by atoms with Crippen LogP contribution in [0.4, 0.5) is 4.39 Å². The molecule has 1 N–H and O–H groups in total. The van der Waals surface area contributed by atoms with E-state index in [1.165, 1.54) is 19.2 Å². The van der Waals surface area contributed by atoms with E-state index in [-0.39, 0.29) is 11.5 Å². The fourth-order valence-corrected chi connectivity index (χ4v) is 2.70. The zero-order valence-electron chi connectivity index (χ0n) is 14.2. The Morgan fingerprint density at radius 2 is 2.04 bits per heavy atom. The van der Waals surface area contributed by atoms with Crippen molar-refractivity contribution in [1.29, 1.82) is 0 Å². The van der Waals surface area contributed by atoms with Gasteiger partial charge in [-0.2, -0.15) is 0 Å². The van der Waals surface area contributed by atoms with Crippen LogP contribution in [0.5, 0.6) is 5.75 Å². The Balaban J connectivity index is 1.86. The second-order valence-electron chi connectivity index (χ2n) is 5.75. The molecule has 7 heteroatoms. The van der Waals surface area contributed by atoms with Crippen molar-refractivity contribution in [2.45, 2.75) is 13.0 Å². The van der Waals surface area contributed by atoms with Gasteiger partial charge in [-0.05, 0) is 19.1 Å². The molecule has 1 aromatic carbocycles. The van der Waals surface area contributed by atoms with Crippen molar-refractivity contribution < 1.29 is 23.8 Å². The Morgan fingerprint density at radius 3 is 2.62 bits per heavy atom. The Labute approximate surface area is 141 Å². The first-order valence-corrected chi connectivity index (χ1v) is 8.16. The van der Waals surface area contributed by atoms with E-state index in [1.807, 2.05) is 6.92 Å². The highest BCUT2D eigenvalue weighted by Crippen LogP contribution is 2.18. The summed E-state index contributed by atoms with van der Waals surface area (Å²) in [4.78, 5) is 16.2. The summed E-state index contributed by atoms with van der Waals surface area (Å²) in [6, 6.07) is 4.25. The number of carbonyl (C=O) groups excluding carboxylic acids is 1. The number of carbonyl (C=O) groups is 1. The fourth-order valence-electron chi connectivity index (χ4n) is 2.70. The van der Waals surface area contributed by atoms with E-state index in [1.54, 1.807) is 11.0 Å². The van der Waals surface area contributed by atoms with Crippen LogP contribution in [-0.2, 0) is 4.74 Å². The predicted molar refractivity (Wildman–Crippen MR) is 87.8 cm³/mol. The molecule has 1 saturated heterocycles. The maximum Gasteiger partial charge on any atom is 0.256 e. The van der Waals surface area contributed by atoms with Gasteiger partial charge in [-0.15, -0.1) is 0 Å². The quantitative estimate of drug-likeness (QED) is 0.802. The average Bonchev–Trinajstić information content (AvgIpc) is 2.60. The first kappa shape index (κ1) is 18.6. The number of hydrogen-bond acceptors (Lipinski definition) is 5. The molecule has 2 rings (SSSR count). The molecule has 1 aromatic rings. The average molecular weight is 340 g/mol. The zero-order valence-corrected chi connectivity index (χ0v) is 14.2. The third-order valence-electron chi connectivity index (χ3n) is 4.05. The summed E-state index contributed by atoms with van der Waals surface area (Å²) in [6.07, 6.45) is -0.536. The van der Waals surface area contributed by atoms with Gasteiger partial charge in [0.1, 0.15) is 11.6 Å². The molecule has 1 heterocycles. The Kier molecular flexibility index (Phi) is 6.96. The second kappa shape index (κ2) is 8.96. The highest BCUT2D eigenvalue weighted by Gasteiger charge is 2.25. The van der Waals surface area contributed by atoms with E-state index in [0.717, 1.165) is 0 Å². The molecule has 0 spiro atoms. The van der Waals surface area contributed by atoms with Crippen LogP contribution >= 0.6 is 0 Å². The first-order valence-electron chi connectivity index (χ1n) is 8.16. The van der Waals surface area contributed by atoms with Crippen LogP contribution < -0.4 is 4.74 Å². The van der Waals surface area contributed by atoms with E-state index in [0.29, 0.717) is 51.7 Å².